The Kier molecular flexibility index (Phi) is 2.92. The molecule has 0 bridgehead atoms. The summed E-state index contributed by atoms with van der Waals surface area (Å²) in [7, 11) is -1.34. The second kappa shape index (κ2) is 3.80. The first-order valence-electron chi connectivity index (χ1n) is 4.51. The Morgan fingerprint density at radius 3 is 2.50 bits per heavy atom. The van der Waals surface area contributed by atoms with Crippen molar-refractivity contribution in [1.82, 2.24) is 9.97 Å². The number of rotatable bonds is 0. The molecule has 0 aliphatic carbocycles. The summed E-state index contributed by atoms with van der Waals surface area (Å²) in [6.45, 7) is 8.46. The third-order valence-electron chi connectivity index (χ3n) is 1.52. The molecule has 2 N–H and O–H groups in total. The van der Waals surface area contributed by atoms with Crippen molar-refractivity contribution in [3.8, 4) is 11.5 Å². The lowest BCUT2D eigenvalue weighted by molar-refractivity contribution is 1.10. The van der Waals surface area contributed by atoms with E-state index in [-0.39, 0.29) is 0 Å². The van der Waals surface area contributed by atoms with E-state index in [0.717, 1.165) is 11.4 Å². The summed E-state index contributed by atoms with van der Waals surface area (Å²) in [5, 5.41) is 0. The molecule has 14 heavy (non-hydrogen) atoms. The number of hydrogen-bond acceptors (Lipinski definition) is 3. The van der Waals surface area contributed by atoms with Gasteiger partial charge in [-0.1, -0.05) is 25.6 Å². The molecule has 4 heteroatoms. The first-order chi connectivity index (χ1) is 6.38. The maximum atomic E-state index is 5.50. The molecule has 0 aliphatic rings. The number of hydrogen-bond donors (Lipinski definition) is 1. The molecule has 0 spiro atoms. The highest BCUT2D eigenvalue weighted by Gasteiger charge is 2.08. The molecule has 0 unspecified atom stereocenters. The van der Waals surface area contributed by atoms with Crippen LogP contribution in [0, 0.1) is 18.4 Å². The highest BCUT2D eigenvalue weighted by Crippen LogP contribution is 2.03. The minimum Gasteiger partial charge on any atom is -0.382 e. The molecule has 1 heterocycles. The molecule has 1 aromatic heterocycles. The Labute approximate surface area is 85.8 Å². The van der Waals surface area contributed by atoms with Crippen LogP contribution in [0.3, 0.4) is 0 Å². The second-order valence-electron chi connectivity index (χ2n) is 4.23. The zero-order valence-electron chi connectivity index (χ0n) is 9.05. The molecule has 0 saturated heterocycles. The van der Waals surface area contributed by atoms with Crippen LogP contribution in [0.25, 0.3) is 0 Å². The smallest absolute Gasteiger partial charge is 0.142 e. The van der Waals surface area contributed by atoms with Gasteiger partial charge >= 0.3 is 0 Å². The van der Waals surface area contributed by atoms with Gasteiger partial charge in [0.2, 0.25) is 0 Å². The molecule has 74 valence electrons. The first kappa shape index (κ1) is 10.7. The van der Waals surface area contributed by atoms with Gasteiger partial charge in [0.25, 0.3) is 0 Å². The fourth-order valence-corrected chi connectivity index (χ4v) is 1.36. The largest absolute Gasteiger partial charge is 0.382 e. The summed E-state index contributed by atoms with van der Waals surface area (Å²) in [6, 6.07) is 0. The van der Waals surface area contributed by atoms with Crippen LogP contribution in [0.4, 0.5) is 5.82 Å². The van der Waals surface area contributed by atoms with Gasteiger partial charge in [-0.25, -0.2) is 9.97 Å². The molecule has 0 amide bonds. The van der Waals surface area contributed by atoms with Gasteiger partial charge < -0.3 is 5.73 Å². The zero-order valence-corrected chi connectivity index (χ0v) is 10.0. The van der Waals surface area contributed by atoms with E-state index in [1.54, 1.807) is 6.20 Å². The fourth-order valence-electron chi connectivity index (χ4n) is 0.869. The molecule has 0 fully saturated rings. The summed E-state index contributed by atoms with van der Waals surface area (Å²) < 4.78 is 0. The molecule has 0 radical (unpaired) electrons. The number of nitrogens with two attached hydrogens (primary N) is 1. The van der Waals surface area contributed by atoms with Crippen LogP contribution in [0.1, 0.15) is 11.4 Å². The van der Waals surface area contributed by atoms with Crippen LogP contribution in [-0.2, 0) is 0 Å². The number of nitrogens with zero attached hydrogens (tertiary/aromatic N) is 2. The van der Waals surface area contributed by atoms with Crippen molar-refractivity contribution in [1.29, 1.82) is 0 Å². The van der Waals surface area contributed by atoms with Crippen LogP contribution in [0.2, 0.25) is 19.6 Å². The Bertz CT molecular complexity index is 396. The molecule has 0 saturated carbocycles. The number of aryl methyl sites for hydroxylation is 1. The van der Waals surface area contributed by atoms with Gasteiger partial charge in [-0.05, 0) is 6.92 Å². The average Bonchev–Trinajstić information content (AvgIpc) is 2.00. The fraction of sp³-hybridized carbons (Fsp3) is 0.400. The molecule has 1 rings (SSSR count). The maximum Gasteiger partial charge on any atom is 0.142 e. The van der Waals surface area contributed by atoms with Crippen LogP contribution in [-0.4, -0.2) is 18.0 Å². The van der Waals surface area contributed by atoms with Crippen LogP contribution in [0.15, 0.2) is 6.20 Å². The standard InChI is InChI=1S/C10H15N3Si/c1-8-9(5-6-14(2,3)4)12-7-10(11)13-8/h7H,1-4H3,(H2,11,13). The van der Waals surface area contributed by atoms with Crippen molar-refractivity contribution in [3.63, 3.8) is 0 Å². The maximum absolute atomic E-state index is 5.50. The van der Waals surface area contributed by atoms with E-state index >= 15 is 0 Å². The van der Waals surface area contributed by atoms with Gasteiger partial charge in [0.15, 0.2) is 0 Å². The van der Waals surface area contributed by atoms with Gasteiger partial charge in [-0.3, -0.25) is 0 Å². The Balaban J connectivity index is 3.02. The van der Waals surface area contributed by atoms with E-state index < -0.39 is 8.07 Å². The van der Waals surface area contributed by atoms with Crippen molar-refractivity contribution < 1.29 is 0 Å². The summed E-state index contributed by atoms with van der Waals surface area (Å²) in [4.78, 5) is 8.24. The quantitative estimate of drug-likeness (QED) is 0.517. The predicted octanol–water partition coefficient (Wildman–Crippen LogP) is 1.60. The van der Waals surface area contributed by atoms with Gasteiger partial charge in [0.05, 0.1) is 11.9 Å². The topological polar surface area (TPSA) is 51.8 Å². The second-order valence-corrected chi connectivity index (χ2v) is 8.98. The Morgan fingerprint density at radius 1 is 1.36 bits per heavy atom. The first-order valence-corrected chi connectivity index (χ1v) is 8.01. The van der Waals surface area contributed by atoms with Crippen LogP contribution < -0.4 is 5.73 Å². The average molecular weight is 205 g/mol. The minimum atomic E-state index is -1.34. The van der Waals surface area contributed by atoms with Crippen LogP contribution >= 0.6 is 0 Å². The third kappa shape index (κ3) is 3.19. The highest BCUT2D eigenvalue weighted by molar-refractivity contribution is 6.83. The predicted molar refractivity (Wildman–Crippen MR) is 61.4 cm³/mol. The van der Waals surface area contributed by atoms with Crippen molar-refractivity contribution >= 4 is 13.9 Å². The Hall–Kier alpha value is -1.34. The van der Waals surface area contributed by atoms with E-state index in [9.17, 15) is 0 Å². The highest BCUT2D eigenvalue weighted by atomic mass is 28.3. The van der Waals surface area contributed by atoms with E-state index in [4.69, 9.17) is 5.73 Å². The molecular formula is C10H15N3Si. The molecule has 0 atom stereocenters. The lowest BCUT2D eigenvalue weighted by atomic mass is 10.3. The monoisotopic (exact) mass is 205 g/mol. The van der Waals surface area contributed by atoms with E-state index in [1.165, 1.54) is 0 Å². The molecule has 0 aromatic carbocycles. The Morgan fingerprint density at radius 2 is 2.00 bits per heavy atom. The summed E-state index contributed by atoms with van der Waals surface area (Å²) >= 11 is 0. The van der Waals surface area contributed by atoms with Gasteiger partial charge in [-0.2, -0.15) is 0 Å². The van der Waals surface area contributed by atoms with E-state index in [0.29, 0.717) is 5.82 Å². The van der Waals surface area contributed by atoms with Crippen molar-refractivity contribution in [2.24, 2.45) is 0 Å². The molecular weight excluding hydrogens is 190 g/mol. The van der Waals surface area contributed by atoms with Crippen molar-refractivity contribution in [2.75, 3.05) is 5.73 Å². The van der Waals surface area contributed by atoms with Crippen molar-refractivity contribution in [2.45, 2.75) is 26.6 Å². The van der Waals surface area contributed by atoms with Gasteiger partial charge in [0.1, 0.15) is 19.6 Å². The molecule has 3 nitrogen and oxygen atoms in total. The lowest BCUT2D eigenvalue weighted by Crippen LogP contribution is -2.16. The summed E-state index contributed by atoms with van der Waals surface area (Å²) in [5.41, 5.74) is 10.3. The lowest BCUT2D eigenvalue weighted by Gasteiger charge is -2.03. The molecule has 0 aliphatic heterocycles. The number of aromatic nitrogens is 2. The number of nitrogen functional groups attached to an aromatic ring is 1. The normalized spacial score (nSPS) is 10.6. The van der Waals surface area contributed by atoms with Crippen LogP contribution in [0.5, 0.6) is 0 Å². The van der Waals surface area contributed by atoms with Gasteiger partial charge in [-0.15, -0.1) is 5.54 Å². The number of anilines is 1. The van der Waals surface area contributed by atoms with Gasteiger partial charge in [0, 0.05) is 0 Å². The van der Waals surface area contributed by atoms with Crippen molar-refractivity contribution in [3.05, 3.63) is 17.6 Å². The SMILES string of the molecule is Cc1nc(N)cnc1C#C[Si](C)(C)C. The summed E-state index contributed by atoms with van der Waals surface area (Å²) in [5.74, 6) is 3.51. The van der Waals surface area contributed by atoms with E-state index in [2.05, 4.69) is 41.1 Å². The third-order valence-corrected chi connectivity index (χ3v) is 2.40. The van der Waals surface area contributed by atoms with E-state index in [1.807, 2.05) is 6.92 Å². The minimum absolute atomic E-state index is 0.445. The summed E-state index contributed by atoms with van der Waals surface area (Å²) in [6.07, 6.45) is 1.54. The molecule has 1 aromatic rings. The zero-order chi connectivity index (χ0) is 10.8.